The molecule has 2 aromatic carbocycles. The van der Waals surface area contributed by atoms with Crippen LogP contribution in [0.5, 0.6) is 0 Å². The number of Topliss-reactive ketones (excluding diaryl/α,β-unsaturated/α-hetero) is 1. The maximum Gasteiger partial charge on any atom is 0.195 e. The average molecular weight is 499 g/mol. The monoisotopic (exact) mass is 498 g/mol. The summed E-state index contributed by atoms with van der Waals surface area (Å²) in [6, 6.07) is 11.8. The van der Waals surface area contributed by atoms with Crippen molar-refractivity contribution in [2.45, 2.75) is 52.0 Å². The van der Waals surface area contributed by atoms with Crippen molar-refractivity contribution in [2.75, 3.05) is 38.2 Å². The predicted octanol–water partition coefficient (Wildman–Crippen LogP) is 5.03. The van der Waals surface area contributed by atoms with E-state index >= 15 is 0 Å². The van der Waals surface area contributed by atoms with Crippen molar-refractivity contribution in [2.24, 2.45) is 0 Å². The molecule has 0 amide bonds. The number of carbonyl (C=O) groups is 2. The van der Waals surface area contributed by atoms with E-state index in [-0.39, 0.29) is 11.6 Å². The van der Waals surface area contributed by atoms with Gasteiger partial charge in [-0.2, -0.15) is 5.26 Å². The van der Waals surface area contributed by atoms with Gasteiger partial charge in [0.15, 0.2) is 11.6 Å². The van der Waals surface area contributed by atoms with E-state index in [0.717, 1.165) is 67.0 Å². The first-order valence-electron chi connectivity index (χ1n) is 13.1. The number of hydrogen-bond acceptors (Lipinski definition) is 6. The third-order valence-electron chi connectivity index (χ3n) is 8.06. The highest BCUT2D eigenvalue weighted by molar-refractivity contribution is 6.21. The molecule has 0 atom stereocenters. The fourth-order valence-electron chi connectivity index (χ4n) is 5.97. The van der Waals surface area contributed by atoms with E-state index in [9.17, 15) is 14.9 Å². The van der Waals surface area contributed by atoms with Crippen LogP contribution in [0.1, 0.15) is 83.6 Å². The minimum atomic E-state index is -0.492. The maximum atomic E-state index is 13.8. The number of fused-ring (bicyclic) bond motifs is 4. The van der Waals surface area contributed by atoms with E-state index < -0.39 is 5.41 Å². The number of rotatable bonds is 7. The molecule has 37 heavy (non-hydrogen) atoms. The molecule has 0 unspecified atom stereocenters. The highest BCUT2D eigenvalue weighted by Gasteiger charge is 2.40. The number of nitrogens with one attached hydrogen (secondary N) is 2. The molecule has 7 heteroatoms. The molecular weight excluding hydrogens is 464 g/mol. The van der Waals surface area contributed by atoms with Crippen LogP contribution in [0.15, 0.2) is 30.3 Å². The fourth-order valence-corrected chi connectivity index (χ4v) is 5.97. The number of aromatic nitrogens is 1. The van der Waals surface area contributed by atoms with Crippen LogP contribution in [0, 0.1) is 11.3 Å². The molecule has 1 saturated heterocycles. The maximum absolute atomic E-state index is 13.8. The lowest BCUT2D eigenvalue weighted by molar-refractivity contribution is 0.0373. The smallest absolute Gasteiger partial charge is 0.195 e. The Hall–Kier alpha value is -3.47. The molecule has 1 aliphatic carbocycles. The Labute approximate surface area is 217 Å². The predicted molar refractivity (Wildman–Crippen MR) is 145 cm³/mol. The molecule has 192 valence electrons. The van der Waals surface area contributed by atoms with Gasteiger partial charge < -0.3 is 15.0 Å². The second-order valence-electron chi connectivity index (χ2n) is 10.6. The summed E-state index contributed by atoms with van der Waals surface area (Å²) in [5.74, 6) is -0.165. The first kappa shape index (κ1) is 25.2. The van der Waals surface area contributed by atoms with Crippen LogP contribution >= 0.6 is 0 Å². The normalized spacial score (nSPS) is 16.9. The zero-order chi connectivity index (χ0) is 26.3. The molecular formula is C30H34N4O3. The molecule has 3 aromatic rings. The van der Waals surface area contributed by atoms with E-state index in [1.54, 1.807) is 25.1 Å². The van der Waals surface area contributed by atoms with Crippen molar-refractivity contribution in [3.05, 3.63) is 63.8 Å². The molecule has 1 aromatic heterocycles. The lowest BCUT2D eigenvalue weighted by atomic mass is 9.70. The van der Waals surface area contributed by atoms with Gasteiger partial charge in [0.05, 0.1) is 17.2 Å². The minimum absolute atomic E-state index is 0.0731. The van der Waals surface area contributed by atoms with Crippen molar-refractivity contribution in [3.8, 4) is 6.07 Å². The third kappa shape index (κ3) is 4.35. The van der Waals surface area contributed by atoms with Gasteiger partial charge in [-0.05, 0) is 56.1 Å². The van der Waals surface area contributed by atoms with Gasteiger partial charge >= 0.3 is 0 Å². The highest BCUT2D eigenvalue weighted by atomic mass is 16.5. The van der Waals surface area contributed by atoms with E-state index in [1.165, 1.54) is 0 Å². The van der Waals surface area contributed by atoms with Gasteiger partial charge in [0.25, 0.3) is 0 Å². The Morgan fingerprint density at radius 3 is 2.68 bits per heavy atom. The summed E-state index contributed by atoms with van der Waals surface area (Å²) >= 11 is 0. The van der Waals surface area contributed by atoms with Crippen molar-refractivity contribution >= 4 is 28.2 Å². The molecule has 2 heterocycles. The number of ketones is 2. The first-order chi connectivity index (χ1) is 17.8. The van der Waals surface area contributed by atoms with Crippen molar-refractivity contribution in [1.29, 1.82) is 5.26 Å². The van der Waals surface area contributed by atoms with Gasteiger partial charge in [0, 0.05) is 71.2 Å². The van der Waals surface area contributed by atoms with Gasteiger partial charge in [-0.1, -0.05) is 26.8 Å². The topological polar surface area (TPSA) is 98.2 Å². The molecule has 0 spiro atoms. The van der Waals surface area contributed by atoms with Crippen molar-refractivity contribution in [1.82, 2.24) is 9.88 Å². The van der Waals surface area contributed by atoms with E-state index in [0.29, 0.717) is 34.8 Å². The van der Waals surface area contributed by atoms with Gasteiger partial charge in [0.2, 0.25) is 0 Å². The summed E-state index contributed by atoms with van der Waals surface area (Å²) in [6.45, 7) is 12.1. The molecule has 5 rings (SSSR count). The molecule has 1 aliphatic heterocycles. The minimum Gasteiger partial charge on any atom is -0.383 e. The Kier molecular flexibility index (Phi) is 6.65. The standard InChI is InChI=1S/C30H34N4O3/c1-5-34(20-8-12-37-13-9-20)11-10-32-25-16-24-23(15-22(25)18(2)35)28(36)27-21-7-6-19(17-31)14-26(21)33-29(27)30(24,3)4/h6-7,14-16,20,32-33H,5,8-13H2,1-4H3. The van der Waals surface area contributed by atoms with E-state index in [1.807, 2.05) is 12.1 Å². The summed E-state index contributed by atoms with van der Waals surface area (Å²) in [5, 5.41) is 13.6. The Balaban J connectivity index is 1.49. The SMILES string of the molecule is CCN(CCNc1cc2c(cc1C(C)=O)C(=O)c1c([nH]c3cc(C#N)ccc13)C2(C)C)C1CCOCC1. The molecule has 7 nitrogen and oxygen atoms in total. The van der Waals surface area contributed by atoms with Gasteiger partial charge in [0.1, 0.15) is 0 Å². The number of carbonyl (C=O) groups excluding carboxylic acids is 2. The van der Waals surface area contributed by atoms with Crippen LogP contribution in [0.3, 0.4) is 0 Å². The Bertz CT molecular complexity index is 1420. The lowest BCUT2D eigenvalue weighted by Gasteiger charge is -2.34. The van der Waals surface area contributed by atoms with Crippen molar-refractivity contribution in [3.63, 3.8) is 0 Å². The number of anilines is 1. The molecule has 2 N–H and O–H groups in total. The summed E-state index contributed by atoms with van der Waals surface area (Å²) in [5.41, 5.74) is 5.05. The number of nitriles is 1. The number of ether oxygens (including phenoxy) is 1. The van der Waals surface area contributed by atoms with Crippen LogP contribution in [0.25, 0.3) is 10.9 Å². The molecule has 2 aliphatic rings. The summed E-state index contributed by atoms with van der Waals surface area (Å²) < 4.78 is 5.52. The molecule has 1 fully saturated rings. The zero-order valence-electron chi connectivity index (χ0n) is 22.0. The van der Waals surface area contributed by atoms with Crippen LogP contribution in [0.2, 0.25) is 0 Å². The van der Waals surface area contributed by atoms with Gasteiger partial charge in [-0.25, -0.2) is 0 Å². The number of aromatic amines is 1. The van der Waals surface area contributed by atoms with Crippen molar-refractivity contribution < 1.29 is 14.3 Å². The third-order valence-corrected chi connectivity index (χ3v) is 8.06. The average Bonchev–Trinajstić information content (AvgIpc) is 3.30. The molecule has 0 bridgehead atoms. The van der Waals surface area contributed by atoms with Crippen LogP contribution in [0.4, 0.5) is 5.69 Å². The number of nitrogens with zero attached hydrogens (tertiary/aromatic N) is 2. The largest absolute Gasteiger partial charge is 0.383 e. The van der Waals surface area contributed by atoms with Crippen LogP contribution in [-0.4, -0.2) is 60.3 Å². The van der Waals surface area contributed by atoms with E-state index in [2.05, 4.69) is 42.0 Å². The lowest BCUT2D eigenvalue weighted by Crippen LogP contribution is -2.41. The summed E-state index contributed by atoms with van der Waals surface area (Å²) in [4.78, 5) is 32.4. The van der Waals surface area contributed by atoms with Crippen LogP contribution in [-0.2, 0) is 10.2 Å². The summed E-state index contributed by atoms with van der Waals surface area (Å²) in [7, 11) is 0. The zero-order valence-corrected chi connectivity index (χ0v) is 22.0. The number of benzene rings is 2. The van der Waals surface area contributed by atoms with Gasteiger partial charge in [-0.3, -0.25) is 14.5 Å². The van der Waals surface area contributed by atoms with Gasteiger partial charge in [-0.15, -0.1) is 0 Å². The van der Waals surface area contributed by atoms with E-state index in [4.69, 9.17) is 4.74 Å². The Morgan fingerprint density at radius 1 is 1.24 bits per heavy atom. The molecule has 0 saturated carbocycles. The first-order valence-corrected chi connectivity index (χ1v) is 13.1. The number of likely N-dealkylation sites (N-methyl/N-ethyl adjacent to an activating group) is 1. The number of hydrogen-bond donors (Lipinski definition) is 2. The second kappa shape index (κ2) is 9.77. The fraction of sp³-hybridized carbons (Fsp3) is 0.433. The second-order valence-corrected chi connectivity index (χ2v) is 10.6. The molecule has 0 radical (unpaired) electrons. The number of H-pyrrole nitrogens is 1. The Morgan fingerprint density at radius 2 is 2.00 bits per heavy atom. The quantitative estimate of drug-likeness (QED) is 0.444. The van der Waals surface area contributed by atoms with Crippen LogP contribution < -0.4 is 5.32 Å². The highest BCUT2D eigenvalue weighted by Crippen LogP contribution is 2.45. The summed E-state index contributed by atoms with van der Waals surface area (Å²) in [6.07, 6.45) is 2.09.